The lowest BCUT2D eigenvalue weighted by molar-refractivity contribution is 0.0986. The number of carbonyl (C=O) groups is 1. The number of amides is 1. The summed E-state index contributed by atoms with van der Waals surface area (Å²) in [5.41, 5.74) is 0. The number of nitrogens with one attached hydrogen (secondary N) is 1. The van der Waals surface area contributed by atoms with Gasteiger partial charge in [0.25, 0.3) is 11.8 Å². The fraction of sp³-hybridized carbons (Fsp3) is 0.125. The maximum absolute atomic E-state index is 11.5. The Kier molecular flexibility index (Phi) is 2.36. The van der Waals surface area contributed by atoms with Gasteiger partial charge in [-0.25, -0.2) is 0 Å². The number of nitrogens with zero attached hydrogens (tertiary/aromatic N) is 2. The molecule has 2 aromatic rings. The average Bonchev–Trinajstić information content (AvgIpc) is 2.86. The standard InChI is InChI=1S/C8H7N3O4/c1-13-7-4-5(15-11-7)8(12)9-6-2-3-14-10-6/h2-4H,1H3,(H,9,10,12). The molecule has 2 aromatic heterocycles. The van der Waals surface area contributed by atoms with Gasteiger partial charge in [0.2, 0.25) is 5.76 Å². The Balaban J connectivity index is 2.08. The van der Waals surface area contributed by atoms with E-state index < -0.39 is 5.91 Å². The molecule has 1 amide bonds. The Hall–Kier alpha value is -2.31. The SMILES string of the molecule is COc1cc(C(=O)Nc2ccon2)on1. The smallest absolute Gasteiger partial charge is 0.295 e. The summed E-state index contributed by atoms with van der Waals surface area (Å²) in [7, 11) is 1.43. The van der Waals surface area contributed by atoms with Crippen LogP contribution < -0.4 is 10.1 Å². The zero-order valence-electron chi connectivity index (χ0n) is 7.76. The second-order valence-corrected chi connectivity index (χ2v) is 2.57. The van der Waals surface area contributed by atoms with Crippen molar-refractivity contribution in [3.8, 4) is 5.88 Å². The third-order valence-corrected chi connectivity index (χ3v) is 1.60. The third-order valence-electron chi connectivity index (χ3n) is 1.60. The normalized spacial score (nSPS) is 9.93. The topological polar surface area (TPSA) is 90.4 Å². The van der Waals surface area contributed by atoms with E-state index in [1.807, 2.05) is 0 Å². The van der Waals surface area contributed by atoms with E-state index in [-0.39, 0.29) is 11.6 Å². The van der Waals surface area contributed by atoms with Crippen LogP contribution in [0.2, 0.25) is 0 Å². The van der Waals surface area contributed by atoms with Crippen molar-refractivity contribution in [2.75, 3.05) is 12.4 Å². The molecule has 0 aliphatic rings. The van der Waals surface area contributed by atoms with E-state index in [0.717, 1.165) is 0 Å². The lowest BCUT2D eigenvalue weighted by Crippen LogP contribution is -2.10. The van der Waals surface area contributed by atoms with Crippen molar-refractivity contribution in [1.82, 2.24) is 10.3 Å². The molecular formula is C8H7N3O4. The van der Waals surface area contributed by atoms with E-state index in [9.17, 15) is 4.79 Å². The van der Waals surface area contributed by atoms with Crippen LogP contribution in [0.25, 0.3) is 0 Å². The number of hydrogen-bond acceptors (Lipinski definition) is 6. The van der Waals surface area contributed by atoms with Gasteiger partial charge in [-0.05, 0) is 5.16 Å². The summed E-state index contributed by atoms with van der Waals surface area (Å²) in [6, 6.07) is 2.88. The van der Waals surface area contributed by atoms with Gasteiger partial charge in [0, 0.05) is 6.07 Å². The van der Waals surface area contributed by atoms with Crippen LogP contribution in [0, 0.1) is 0 Å². The molecule has 0 saturated heterocycles. The van der Waals surface area contributed by atoms with Gasteiger partial charge in [-0.1, -0.05) is 5.16 Å². The summed E-state index contributed by atoms with van der Waals surface area (Å²) in [6.45, 7) is 0. The maximum Gasteiger partial charge on any atom is 0.295 e. The molecule has 7 heteroatoms. The van der Waals surface area contributed by atoms with Gasteiger partial charge in [0.1, 0.15) is 6.26 Å². The molecule has 2 rings (SSSR count). The Bertz CT molecular complexity index is 448. The molecule has 0 spiro atoms. The van der Waals surface area contributed by atoms with Crippen molar-refractivity contribution in [2.24, 2.45) is 0 Å². The van der Waals surface area contributed by atoms with E-state index in [1.165, 1.54) is 25.5 Å². The van der Waals surface area contributed by atoms with Crippen molar-refractivity contribution in [2.45, 2.75) is 0 Å². The first-order valence-electron chi connectivity index (χ1n) is 4.02. The highest BCUT2D eigenvalue weighted by Gasteiger charge is 2.14. The minimum Gasteiger partial charge on any atom is -0.479 e. The second kappa shape index (κ2) is 3.82. The first kappa shape index (κ1) is 9.25. The number of anilines is 1. The molecule has 15 heavy (non-hydrogen) atoms. The number of ether oxygens (including phenoxy) is 1. The highest BCUT2D eigenvalue weighted by Crippen LogP contribution is 2.12. The van der Waals surface area contributed by atoms with E-state index in [0.29, 0.717) is 5.82 Å². The summed E-state index contributed by atoms with van der Waals surface area (Å²) >= 11 is 0. The van der Waals surface area contributed by atoms with Crippen molar-refractivity contribution in [3.63, 3.8) is 0 Å². The van der Waals surface area contributed by atoms with Crippen LogP contribution in [-0.4, -0.2) is 23.3 Å². The first-order valence-corrected chi connectivity index (χ1v) is 4.02. The first-order chi connectivity index (χ1) is 7.29. The Labute approximate surface area is 84.0 Å². The second-order valence-electron chi connectivity index (χ2n) is 2.57. The molecule has 78 valence electrons. The molecule has 0 aliphatic carbocycles. The molecule has 7 nitrogen and oxygen atoms in total. The predicted octanol–water partition coefficient (Wildman–Crippen LogP) is 0.923. The van der Waals surface area contributed by atoms with Crippen LogP contribution in [0.4, 0.5) is 5.82 Å². The number of methoxy groups -OCH3 is 1. The maximum atomic E-state index is 11.5. The fourth-order valence-corrected chi connectivity index (χ4v) is 0.917. The Morgan fingerprint density at radius 3 is 3.00 bits per heavy atom. The van der Waals surface area contributed by atoms with Crippen LogP contribution >= 0.6 is 0 Å². The van der Waals surface area contributed by atoms with Crippen LogP contribution in [0.3, 0.4) is 0 Å². The van der Waals surface area contributed by atoms with E-state index >= 15 is 0 Å². The number of hydrogen-bond donors (Lipinski definition) is 1. The van der Waals surface area contributed by atoms with Gasteiger partial charge < -0.3 is 19.1 Å². The van der Waals surface area contributed by atoms with Gasteiger partial charge in [-0.3, -0.25) is 4.79 Å². The van der Waals surface area contributed by atoms with Crippen LogP contribution in [-0.2, 0) is 0 Å². The molecule has 0 fully saturated rings. The highest BCUT2D eigenvalue weighted by molar-refractivity contribution is 6.01. The van der Waals surface area contributed by atoms with Gasteiger partial charge in [0.15, 0.2) is 5.82 Å². The van der Waals surface area contributed by atoms with Crippen molar-refractivity contribution in [3.05, 3.63) is 24.2 Å². The number of rotatable bonds is 3. The molecule has 0 aromatic carbocycles. The molecule has 0 radical (unpaired) electrons. The van der Waals surface area contributed by atoms with Gasteiger partial charge >= 0.3 is 0 Å². The minimum absolute atomic E-state index is 0.0369. The van der Waals surface area contributed by atoms with E-state index in [2.05, 4.69) is 20.2 Å². The van der Waals surface area contributed by atoms with Gasteiger partial charge in [0.05, 0.1) is 13.2 Å². The molecule has 0 bridgehead atoms. The zero-order valence-corrected chi connectivity index (χ0v) is 7.76. The summed E-state index contributed by atoms with van der Waals surface area (Å²) in [6.07, 6.45) is 1.34. The van der Waals surface area contributed by atoms with E-state index in [4.69, 9.17) is 9.26 Å². The van der Waals surface area contributed by atoms with Crippen molar-refractivity contribution < 1.29 is 18.6 Å². The zero-order chi connectivity index (χ0) is 10.7. The molecule has 0 saturated carbocycles. The molecule has 2 heterocycles. The Morgan fingerprint density at radius 2 is 2.40 bits per heavy atom. The predicted molar refractivity (Wildman–Crippen MR) is 47.5 cm³/mol. The molecule has 0 unspecified atom stereocenters. The van der Waals surface area contributed by atoms with Crippen LogP contribution in [0.5, 0.6) is 5.88 Å². The van der Waals surface area contributed by atoms with Crippen LogP contribution in [0.1, 0.15) is 10.6 Å². The summed E-state index contributed by atoms with van der Waals surface area (Å²) in [5.74, 6) is 0.102. The summed E-state index contributed by atoms with van der Waals surface area (Å²) in [5, 5.41) is 9.43. The van der Waals surface area contributed by atoms with Crippen molar-refractivity contribution >= 4 is 11.7 Å². The lowest BCUT2D eigenvalue weighted by atomic mass is 10.4. The molecular weight excluding hydrogens is 202 g/mol. The number of carbonyl (C=O) groups excluding carboxylic acids is 1. The quantitative estimate of drug-likeness (QED) is 0.808. The largest absolute Gasteiger partial charge is 0.479 e. The average molecular weight is 209 g/mol. The summed E-state index contributed by atoms with van der Waals surface area (Å²) < 4.78 is 14.0. The lowest BCUT2D eigenvalue weighted by Gasteiger charge is -1.94. The van der Waals surface area contributed by atoms with Crippen LogP contribution in [0.15, 0.2) is 27.4 Å². The van der Waals surface area contributed by atoms with E-state index in [1.54, 1.807) is 0 Å². The van der Waals surface area contributed by atoms with Crippen molar-refractivity contribution in [1.29, 1.82) is 0 Å². The number of aromatic nitrogens is 2. The fourth-order valence-electron chi connectivity index (χ4n) is 0.917. The molecule has 1 N–H and O–H groups in total. The summed E-state index contributed by atoms with van der Waals surface area (Å²) in [4.78, 5) is 11.5. The monoisotopic (exact) mass is 209 g/mol. The third kappa shape index (κ3) is 1.96. The van der Waals surface area contributed by atoms with Gasteiger partial charge in [-0.15, -0.1) is 0 Å². The molecule has 0 atom stereocenters. The van der Waals surface area contributed by atoms with Gasteiger partial charge in [-0.2, -0.15) is 0 Å². The Morgan fingerprint density at radius 1 is 1.53 bits per heavy atom. The highest BCUT2D eigenvalue weighted by atomic mass is 16.5. The molecule has 0 aliphatic heterocycles. The minimum atomic E-state index is -0.472.